The first kappa shape index (κ1) is 12.0. The average Bonchev–Trinajstić information content (AvgIpc) is 2.60. The zero-order valence-electron chi connectivity index (χ0n) is 9.46. The van der Waals surface area contributed by atoms with Crippen molar-refractivity contribution in [1.29, 1.82) is 0 Å². The average molecular weight is 249 g/mol. The summed E-state index contributed by atoms with van der Waals surface area (Å²) in [4.78, 5) is 34.0. The fourth-order valence-corrected chi connectivity index (χ4v) is 1.85. The number of anilines is 1. The van der Waals surface area contributed by atoms with Crippen LogP contribution in [0.2, 0.25) is 0 Å². The van der Waals surface area contributed by atoms with Crippen LogP contribution in [0, 0.1) is 10.1 Å². The van der Waals surface area contributed by atoms with Gasteiger partial charge in [-0.05, 0) is 11.6 Å². The molecule has 0 aromatic heterocycles. The van der Waals surface area contributed by atoms with Crippen LogP contribution in [0.5, 0.6) is 0 Å². The molecule has 0 saturated carbocycles. The number of likely N-dealkylation sites (tertiary alicyclic amines) is 1. The molecule has 2 rings (SSSR count). The normalized spacial score (nSPS) is 15.2. The first-order chi connectivity index (χ1) is 8.49. The molecule has 0 unspecified atom stereocenters. The van der Waals surface area contributed by atoms with E-state index in [4.69, 9.17) is 5.73 Å². The molecule has 1 aliphatic heterocycles. The number of amides is 2. The van der Waals surface area contributed by atoms with Gasteiger partial charge in [-0.2, -0.15) is 0 Å². The lowest BCUT2D eigenvalue weighted by Gasteiger charge is -2.13. The van der Waals surface area contributed by atoms with Gasteiger partial charge in [0.1, 0.15) is 5.69 Å². The molecule has 0 spiro atoms. The molecule has 1 heterocycles. The standard InChI is InChI=1S/C11H11N3O4/c12-8-5-7(1-2-9(8)14(17)18)6-13-10(15)3-4-11(13)16/h1-2,5H,3-4,6,12H2. The van der Waals surface area contributed by atoms with Crippen LogP contribution in [-0.2, 0) is 16.1 Å². The largest absolute Gasteiger partial charge is 0.393 e. The highest BCUT2D eigenvalue weighted by molar-refractivity contribution is 6.01. The molecule has 1 aromatic carbocycles. The Morgan fingerprint density at radius 3 is 2.39 bits per heavy atom. The molecular weight excluding hydrogens is 238 g/mol. The molecule has 0 aliphatic carbocycles. The van der Waals surface area contributed by atoms with E-state index in [0.717, 1.165) is 4.90 Å². The van der Waals surface area contributed by atoms with E-state index in [9.17, 15) is 19.7 Å². The Balaban J connectivity index is 2.20. The fraction of sp³-hybridized carbons (Fsp3) is 0.273. The van der Waals surface area contributed by atoms with E-state index in [1.165, 1.54) is 18.2 Å². The number of benzene rings is 1. The zero-order valence-corrected chi connectivity index (χ0v) is 9.46. The van der Waals surface area contributed by atoms with Gasteiger partial charge in [0.15, 0.2) is 0 Å². The Kier molecular flexibility index (Phi) is 2.97. The second-order valence-corrected chi connectivity index (χ2v) is 4.02. The summed E-state index contributed by atoms with van der Waals surface area (Å²) in [5, 5.41) is 10.6. The van der Waals surface area contributed by atoms with Crippen molar-refractivity contribution in [3.05, 3.63) is 33.9 Å². The van der Waals surface area contributed by atoms with Crippen molar-refractivity contribution in [2.75, 3.05) is 5.73 Å². The Morgan fingerprint density at radius 1 is 1.28 bits per heavy atom. The van der Waals surface area contributed by atoms with Crippen LogP contribution >= 0.6 is 0 Å². The molecule has 1 aromatic rings. The van der Waals surface area contributed by atoms with E-state index < -0.39 is 4.92 Å². The Morgan fingerprint density at radius 2 is 1.89 bits per heavy atom. The number of nitrogens with zero attached hydrogens (tertiary/aromatic N) is 2. The maximum Gasteiger partial charge on any atom is 0.292 e. The molecule has 2 N–H and O–H groups in total. The van der Waals surface area contributed by atoms with E-state index in [-0.39, 0.29) is 42.6 Å². The fourth-order valence-electron chi connectivity index (χ4n) is 1.85. The summed E-state index contributed by atoms with van der Waals surface area (Å²) < 4.78 is 0. The molecule has 1 fully saturated rings. The second kappa shape index (κ2) is 4.44. The van der Waals surface area contributed by atoms with Crippen LogP contribution in [0.1, 0.15) is 18.4 Å². The summed E-state index contributed by atoms with van der Waals surface area (Å²) >= 11 is 0. The van der Waals surface area contributed by atoms with E-state index in [1.807, 2.05) is 0 Å². The smallest absolute Gasteiger partial charge is 0.292 e. The third kappa shape index (κ3) is 2.15. The zero-order chi connectivity index (χ0) is 13.3. The van der Waals surface area contributed by atoms with Crippen LogP contribution in [0.3, 0.4) is 0 Å². The molecule has 2 amide bonds. The van der Waals surface area contributed by atoms with Crippen molar-refractivity contribution < 1.29 is 14.5 Å². The van der Waals surface area contributed by atoms with Crippen LogP contribution in [-0.4, -0.2) is 21.6 Å². The highest BCUT2D eigenvalue weighted by Crippen LogP contribution is 2.24. The number of hydrogen-bond acceptors (Lipinski definition) is 5. The predicted octanol–water partition coefficient (Wildman–Crippen LogP) is 0.826. The Bertz CT molecular complexity index is 525. The summed E-state index contributed by atoms with van der Waals surface area (Å²) in [7, 11) is 0. The second-order valence-electron chi connectivity index (χ2n) is 4.02. The number of imide groups is 1. The molecule has 18 heavy (non-hydrogen) atoms. The number of rotatable bonds is 3. The van der Waals surface area contributed by atoms with E-state index in [0.29, 0.717) is 5.56 Å². The molecular formula is C11H11N3O4. The monoisotopic (exact) mass is 249 g/mol. The molecule has 1 aliphatic rings. The topological polar surface area (TPSA) is 107 Å². The number of nitro benzene ring substituents is 1. The van der Waals surface area contributed by atoms with Gasteiger partial charge in [-0.25, -0.2) is 0 Å². The van der Waals surface area contributed by atoms with Crippen molar-refractivity contribution in [3.8, 4) is 0 Å². The van der Waals surface area contributed by atoms with Gasteiger partial charge < -0.3 is 5.73 Å². The molecule has 7 heteroatoms. The number of nitrogens with two attached hydrogens (primary N) is 1. The van der Waals surface area contributed by atoms with Crippen molar-refractivity contribution in [3.63, 3.8) is 0 Å². The maximum absolute atomic E-state index is 11.4. The summed E-state index contributed by atoms with van der Waals surface area (Å²) in [5.41, 5.74) is 5.98. The summed E-state index contributed by atoms with van der Waals surface area (Å²) in [5.74, 6) is -0.450. The third-order valence-corrected chi connectivity index (χ3v) is 2.78. The lowest BCUT2D eigenvalue weighted by molar-refractivity contribution is -0.383. The van der Waals surface area contributed by atoms with Crippen LogP contribution in [0.25, 0.3) is 0 Å². The highest BCUT2D eigenvalue weighted by atomic mass is 16.6. The SMILES string of the molecule is Nc1cc(CN2C(=O)CCC2=O)ccc1[N+](=O)[O-]. The van der Waals surface area contributed by atoms with E-state index in [1.54, 1.807) is 0 Å². The number of nitro groups is 1. The molecule has 0 bridgehead atoms. The number of carbonyl (C=O) groups is 2. The molecule has 94 valence electrons. The molecule has 1 saturated heterocycles. The lowest BCUT2D eigenvalue weighted by Crippen LogP contribution is -2.28. The van der Waals surface area contributed by atoms with Crippen molar-refractivity contribution in [2.24, 2.45) is 0 Å². The Hall–Kier alpha value is -2.44. The first-order valence-corrected chi connectivity index (χ1v) is 5.35. The van der Waals surface area contributed by atoms with Gasteiger partial charge in [0.05, 0.1) is 11.5 Å². The summed E-state index contributed by atoms with van der Waals surface area (Å²) in [6.07, 6.45) is 0.447. The minimum atomic E-state index is -0.578. The lowest BCUT2D eigenvalue weighted by atomic mass is 10.1. The third-order valence-electron chi connectivity index (χ3n) is 2.78. The van der Waals surface area contributed by atoms with Crippen molar-refractivity contribution >= 4 is 23.2 Å². The van der Waals surface area contributed by atoms with Gasteiger partial charge >= 0.3 is 0 Å². The van der Waals surface area contributed by atoms with Crippen LogP contribution in [0.4, 0.5) is 11.4 Å². The van der Waals surface area contributed by atoms with Crippen molar-refractivity contribution in [2.45, 2.75) is 19.4 Å². The van der Waals surface area contributed by atoms with Crippen molar-refractivity contribution in [1.82, 2.24) is 4.90 Å². The van der Waals surface area contributed by atoms with Crippen LogP contribution in [0.15, 0.2) is 18.2 Å². The minimum absolute atomic E-state index is 0.0246. The summed E-state index contributed by atoms with van der Waals surface area (Å²) in [6, 6.07) is 4.18. The first-order valence-electron chi connectivity index (χ1n) is 5.35. The quantitative estimate of drug-likeness (QED) is 0.369. The number of hydrogen-bond donors (Lipinski definition) is 1. The van der Waals surface area contributed by atoms with Gasteiger partial charge in [0, 0.05) is 18.9 Å². The molecule has 0 radical (unpaired) electrons. The predicted molar refractivity (Wildman–Crippen MR) is 62.3 cm³/mol. The summed E-state index contributed by atoms with van der Waals surface area (Å²) in [6.45, 7) is 0.111. The van der Waals surface area contributed by atoms with Crippen LogP contribution < -0.4 is 5.73 Å². The van der Waals surface area contributed by atoms with Gasteiger partial charge in [0.2, 0.25) is 11.8 Å². The molecule has 7 nitrogen and oxygen atoms in total. The Labute approximate surface area is 102 Å². The van der Waals surface area contributed by atoms with E-state index in [2.05, 4.69) is 0 Å². The molecule has 0 atom stereocenters. The van der Waals surface area contributed by atoms with Gasteiger partial charge in [0.25, 0.3) is 5.69 Å². The number of carbonyl (C=O) groups excluding carboxylic acids is 2. The maximum atomic E-state index is 11.4. The minimum Gasteiger partial charge on any atom is -0.393 e. The van der Waals surface area contributed by atoms with Gasteiger partial charge in [-0.15, -0.1) is 0 Å². The van der Waals surface area contributed by atoms with Gasteiger partial charge in [-0.1, -0.05) is 6.07 Å². The van der Waals surface area contributed by atoms with E-state index >= 15 is 0 Å². The number of nitrogen functional groups attached to an aromatic ring is 1. The highest BCUT2D eigenvalue weighted by Gasteiger charge is 2.28. The van der Waals surface area contributed by atoms with Gasteiger partial charge in [-0.3, -0.25) is 24.6 Å².